The Kier molecular flexibility index (Phi) is 22.1. The molecule has 34 nitrogen and oxygen atoms in total. The van der Waals surface area contributed by atoms with Gasteiger partial charge in [-0.2, -0.15) is 0 Å². The van der Waals surface area contributed by atoms with Crippen LogP contribution in [0.5, 0.6) is 0 Å². The Labute approximate surface area is 565 Å². The molecule has 1 atom stereocenters. The van der Waals surface area contributed by atoms with E-state index in [1.165, 1.54) is 96.2 Å². The average molecular weight is 1360 g/mol. The number of hydrogen-bond acceptors (Lipinski definition) is 15. The van der Waals surface area contributed by atoms with Gasteiger partial charge in [0.05, 0.1) is 45.7 Å². The van der Waals surface area contributed by atoms with E-state index in [0.29, 0.717) is 73.2 Å². The third-order valence-corrected chi connectivity index (χ3v) is 15.8. The molecular weight excluding hydrogens is 1280 g/mol. The van der Waals surface area contributed by atoms with Gasteiger partial charge in [-0.15, -0.1) is 0 Å². The second kappa shape index (κ2) is 30.9. The van der Waals surface area contributed by atoms with Crippen LogP contribution in [0.15, 0.2) is 116 Å². The maximum Gasteiger partial charge on any atom is 0.335 e. The van der Waals surface area contributed by atoms with Crippen molar-refractivity contribution in [3.63, 3.8) is 0 Å². The molecule has 9 rings (SSSR count). The van der Waals surface area contributed by atoms with Crippen LogP contribution in [0.25, 0.3) is 0 Å². The summed E-state index contributed by atoms with van der Waals surface area (Å²) in [6.07, 6.45) is 15.2. The molecule has 99 heavy (non-hydrogen) atoms. The predicted molar refractivity (Wildman–Crippen MR) is 365 cm³/mol. The topological polar surface area (TPSA) is 423 Å². The highest BCUT2D eigenvalue weighted by atomic mass is 16.6. The van der Waals surface area contributed by atoms with Gasteiger partial charge in [0.25, 0.3) is 53.2 Å². The Morgan fingerprint density at radius 2 is 0.859 bits per heavy atom. The zero-order valence-corrected chi connectivity index (χ0v) is 55.6. The number of carboxylic acid groups (broad SMARTS) is 1. The molecule has 0 fully saturated rings. The third kappa shape index (κ3) is 17.7. The van der Waals surface area contributed by atoms with Gasteiger partial charge < -0.3 is 105 Å². The van der Waals surface area contributed by atoms with Crippen LogP contribution in [0, 0.1) is 0 Å². The highest BCUT2D eigenvalue weighted by Crippen LogP contribution is 2.24. The van der Waals surface area contributed by atoms with Crippen LogP contribution >= 0.6 is 0 Å². The third-order valence-electron chi connectivity index (χ3n) is 15.8. The van der Waals surface area contributed by atoms with E-state index in [9.17, 15) is 57.8 Å². The number of anilines is 7. The van der Waals surface area contributed by atoms with E-state index in [4.69, 9.17) is 5.73 Å². The number of hydrogen-bond donors (Lipinski definition) is 12. The normalized spacial score (nSPS) is 11.4. The highest BCUT2D eigenvalue weighted by molar-refractivity contribution is 6.10. The van der Waals surface area contributed by atoms with Crippen molar-refractivity contribution < 1.29 is 57.8 Å². The molecule has 0 unspecified atom stereocenters. The van der Waals surface area contributed by atoms with Gasteiger partial charge in [-0.05, 0) is 94.0 Å². The van der Waals surface area contributed by atoms with Crippen molar-refractivity contribution in [2.24, 2.45) is 62.1 Å². The first-order valence-corrected chi connectivity index (χ1v) is 30.9. The van der Waals surface area contributed by atoms with Crippen LogP contribution < -0.4 is 58.9 Å². The molecule has 518 valence electrons. The number of amides is 10. The average Bonchev–Trinajstić information content (AvgIpc) is 1.69. The number of nitrogens with two attached hydrogens (primary N) is 1. The Morgan fingerprint density at radius 3 is 1.27 bits per heavy atom. The molecule has 13 N–H and O–H groups in total. The molecule has 10 amide bonds. The van der Waals surface area contributed by atoms with Crippen molar-refractivity contribution in [3.8, 4) is 0 Å². The minimum atomic E-state index is -1.12. The summed E-state index contributed by atoms with van der Waals surface area (Å²) >= 11 is 0. The van der Waals surface area contributed by atoms with Crippen LogP contribution in [-0.4, -0.2) is 167 Å². The van der Waals surface area contributed by atoms with Crippen LogP contribution in [-0.2, 0) is 61.2 Å². The van der Waals surface area contributed by atoms with Crippen molar-refractivity contribution in [1.29, 1.82) is 0 Å². The number of imidazole rings is 2. The molecular formula is C65H76N22O12. The number of benzene rings is 1. The second-order valence-corrected chi connectivity index (χ2v) is 23.5. The summed E-state index contributed by atoms with van der Waals surface area (Å²) in [7, 11) is 14.9. The number of nitrogens with zero attached hydrogens (tertiary/aromatic N) is 11. The molecule has 9 aromatic rings. The molecule has 0 saturated carbocycles. The Balaban J connectivity index is 0.674. The van der Waals surface area contributed by atoms with E-state index in [2.05, 4.69) is 68.0 Å². The SMILES string of the molecule is CN(CCCNC(=O)c1cc(NC(=O)c2cc(NC(=O)c3cc(NC(=O)c4nc(NC(=O)[C@H](N)CCNC(=O)c5cc(NC(=O)c6cc(NC(=O)c7cc(NC(=O)c8nccn8C)cn7C)cn6C)cn5C)cn4C)cn3C)cn2C)cn1C)CCCN[14C](=O)c1cccc([14C](=O)O)c1. The fourth-order valence-corrected chi connectivity index (χ4v) is 10.6. The second-order valence-electron chi connectivity index (χ2n) is 23.5. The molecule has 0 aliphatic carbocycles. The Morgan fingerprint density at radius 1 is 0.475 bits per heavy atom. The van der Waals surface area contributed by atoms with Crippen molar-refractivity contribution in [2.75, 3.05) is 77.0 Å². The number of carboxylic acids is 1. The van der Waals surface area contributed by atoms with Gasteiger partial charge in [0.1, 0.15) is 34.2 Å². The van der Waals surface area contributed by atoms with E-state index in [0.717, 1.165) is 0 Å². The van der Waals surface area contributed by atoms with Crippen LogP contribution in [0.4, 0.5) is 39.9 Å². The van der Waals surface area contributed by atoms with Gasteiger partial charge in [0, 0.05) is 137 Å². The molecule has 34 heteroatoms. The largest absolute Gasteiger partial charge is 0.478 e. The molecule has 0 bridgehead atoms. The molecule has 0 aliphatic rings. The minimum Gasteiger partial charge on any atom is -0.478 e. The fourth-order valence-electron chi connectivity index (χ4n) is 10.6. The molecule has 0 radical (unpaired) electrons. The molecule has 8 heterocycles. The van der Waals surface area contributed by atoms with E-state index < -0.39 is 59.3 Å². The number of nitrogens with one attached hydrogen (secondary N) is 10. The first-order chi connectivity index (χ1) is 47.1. The first kappa shape index (κ1) is 70.7. The van der Waals surface area contributed by atoms with Gasteiger partial charge in [-0.25, -0.2) is 14.8 Å². The summed E-state index contributed by atoms with van der Waals surface area (Å²) < 4.78 is 12.1. The van der Waals surface area contributed by atoms with E-state index in [1.54, 1.807) is 113 Å². The van der Waals surface area contributed by atoms with Crippen molar-refractivity contribution >= 4 is 105 Å². The lowest BCUT2D eigenvalue weighted by Gasteiger charge is -2.17. The summed E-state index contributed by atoms with van der Waals surface area (Å²) in [5.41, 5.74) is 9.67. The van der Waals surface area contributed by atoms with Crippen LogP contribution in [0.2, 0.25) is 0 Å². The minimum absolute atomic E-state index is 0.00559. The summed E-state index contributed by atoms with van der Waals surface area (Å²) in [5.74, 6) is -6.07. The maximum atomic E-state index is 13.6. The molecule has 1 aromatic carbocycles. The van der Waals surface area contributed by atoms with Gasteiger partial charge >= 0.3 is 5.97 Å². The standard InChI is InChI=1S/C65H76N22O12/c1-79(20-11-16-68-55(88)37-13-10-14-38(23-37)65(98)99)21-12-17-69-57(90)46-24-39(30-81(46)3)71-59(92)48-27-42(33-83(48)5)74-62(95)51-29-44(35-86(51)8)76-64(97)54-77-52(36-87(54)9)78-56(89)45(66)15-18-70-58(91)47-25-40(31-82(47)4)72-60(93)49-26-41(32-84(49)6)73-61(94)50-28-43(34-85(50)7)75-63(96)53-67-19-22-80(53)2/h10,13-14,19,22-36,45H,11-12,15-18,20-21,66H2,1-9H3,(H,68,88)(H,69,90)(H,70,91)(H,71,92)(H,72,93)(H,73,94)(H,74,95)(H,75,96)(H,76,97)(H,78,89)(H,98,99)/t45-/m1/s1/i55+2,65+2. The lowest BCUT2D eigenvalue weighted by molar-refractivity contribution is -0.117. The number of aromatic carboxylic acids is 1. The summed E-state index contributed by atoms with van der Waals surface area (Å²) in [4.78, 5) is 154. The molecule has 0 spiro atoms. The Bertz CT molecular complexity index is 4600. The van der Waals surface area contributed by atoms with Gasteiger partial charge in [-0.1, -0.05) is 6.07 Å². The van der Waals surface area contributed by atoms with E-state index in [-0.39, 0.29) is 87.5 Å². The molecule has 0 saturated heterocycles. The van der Waals surface area contributed by atoms with Gasteiger partial charge in [0.2, 0.25) is 11.7 Å². The fraction of sp³-hybridized carbons (Fsp3) is 0.277. The summed E-state index contributed by atoms with van der Waals surface area (Å²) in [6, 6.07) is 13.6. The van der Waals surface area contributed by atoms with Crippen molar-refractivity contribution in [3.05, 3.63) is 173 Å². The number of carbonyl (C=O) groups excluding carboxylic acids is 10. The van der Waals surface area contributed by atoms with Gasteiger partial charge in [-0.3, -0.25) is 47.9 Å². The van der Waals surface area contributed by atoms with Crippen molar-refractivity contribution in [1.82, 2.24) is 67.4 Å². The van der Waals surface area contributed by atoms with Crippen LogP contribution in [0.3, 0.4) is 0 Å². The number of aryl methyl sites for hydroxylation is 8. The predicted octanol–water partition coefficient (Wildman–Crippen LogP) is 3.35. The number of rotatable bonds is 29. The van der Waals surface area contributed by atoms with E-state index in [1.807, 2.05) is 7.05 Å². The zero-order valence-electron chi connectivity index (χ0n) is 55.6. The van der Waals surface area contributed by atoms with Gasteiger partial charge in [0.15, 0.2) is 11.6 Å². The maximum absolute atomic E-state index is 13.6. The summed E-state index contributed by atoms with van der Waals surface area (Å²) in [5, 5.41) is 36.7. The van der Waals surface area contributed by atoms with E-state index >= 15 is 0 Å². The lowest BCUT2D eigenvalue weighted by atomic mass is 10.2. The molecule has 0 aliphatic heterocycles. The lowest BCUT2D eigenvalue weighted by Crippen LogP contribution is -2.39. The Hall–Kier alpha value is -12.6. The smallest absolute Gasteiger partial charge is 0.335 e. The van der Waals surface area contributed by atoms with Crippen molar-refractivity contribution in [2.45, 2.75) is 25.3 Å². The number of aromatic nitrogens is 10. The first-order valence-electron chi connectivity index (χ1n) is 30.9. The molecule has 8 aromatic heterocycles. The number of carbonyl (C=O) groups is 11. The highest BCUT2D eigenvalue weighted by Gasteiger charge is 2.25. The monoisotopic (exact) mass is 1360 g/mol. The zero-order chi connectivity index (χ0) is 71.5. The quantitative estimate of drug-likeness (QED) is 0.0299. The van der Waals surface area contributed by atoms with Crippen LogP contribution in [0.1, 0.15) is 124 Å². The summed E-state index contributed by atoms with van der Waals surface area (Å²) in [6.45, 7) is 2.10.